The lowest BCUT2D eigenvalue weighted by atomic mass is 10.0. The van der Waals surface area contributed by atoms with Gasteiger partial charge in [-0.1, -0.05) is 20.3 Å². The van der Waals surface area contributed by atoms with Gasteiger partial charge in [-0.2, -0.15) is 0 Å². The third-order valence-electron chi connectivity index (χ3n) is 4.12. The van der Waals surface area contributed by atoms with Crippen molar-refractivity contribution in [2.24, 2.45) is 5.92 Å². The van der Waals surface area contributed by atoms with Crippen molar-refractivity contribution < 1.29 is 9.53 Å². The molecule has 4 nitrogen and oxygen atoms in total. The summed E-state index contributed by atoms with van der Waals surface area (Å²) in [6.07, 6.45) is 5.57. The summed E-state index contributed by atoms with van der Waals surface area (Å²) in [5.41, 5.74) is 0. The average Bonchev–Trinajstić information content (AvgIpc) is 2.97. The maximum absolute atomic E-state index is 12.3. The molecule has 0 radical (unpaired) electrons. The Hall–Kier alpha value is -0.610. The summed E-state index contributed by atoms with van der Waals surface area (Å²) >= 11 is 0. The van der Waals surface area contributed by atoms with E-state index in [0.717, 1.165) is 51.9 Å². The minimum absolute atomic E-state index is 0.0429. The van der Waals surface area contributed by atoms with Crippen LogP contribution in [0.15, 0.2) is 0 Å². The maximum atomic E-state index is 12.3. The number of ether oxygens (including phenoxy) is 1. The van der Waals surface area contributed by atoms with Crippen molar-refractivity contribution >= 4 is 5.91 Å². The topological polar surface area (TPSA) is 41.6 Å². The summed E-state index contributed by atoms with van der Waals surface area (Å²) < 4.78 is 5.40. The molecule has 0 bridgehead atoms. The number of hydrogen-bond acceptors (Lipinski definition) is 3. The van der Waals surface area contributed by atoms with Crippen molar-refractivity contribution in [3.05, 3.63) is 0 Å². The molecule has 18 heavy (non-hydrogen) atoms. The molecule has 3 unspecified atom stereocenters. The quantitative estimate of drug-likeness (QED) is 0.785. The first-order valence-electron chi connectivity index (χ1n) is 7.40. The average molecular weight is 254 g/mol. The molecule has 0 aromatic heterocycles. The fraction of sp³-hybridized carbons (Fsp3) is 0.929. The summed E-state index contributed by atoms with van der Waals surface area (Å²) in [6, 6.07) is 0.0429. The molecule has 2 heterocycles. The zero-order valence-corrected chi connectivity index (χ0v) is 11.7. The highest BCUT2D eigenvalue weighted by molar-refractivity contribution is 5.84. The van der Waals surface area contributed by atoms with Crippen LogP contribution in [0.5, 0.6) is 0 Å². The molecule has 2 fully saturated rings. The highest BCUT2D eigenvalue weighted by Crippen LogP contribution is 2.21. The molecule has 2 aliphatic heterocycles. The summed E-state index contributed by atoms with van der Waals surface area (Å²) in [7, 11) is 0. The first-order valence-corrected chi connectivity index (χ1v) is 7.40. The van der Waals surface area contributed by atoms with Crippen molar-refractivity contribution in [1.29, 1.82) is 0 Å². The Morgan fingerprint density at radius 2 is 2.22 bits per heavy atom. The standard InChI is InChI=1S/C14H26N2O2/c1-3-5-13-15-12(4-2)14(17)16(13)8-6-11-7-9-18-10-11/h11-13,15H,3-10H2,1-2H3. The zero-order chi connectivity index (χ0) is 13.0. The van der Waals surface area contributed by atoms with Gasteiger partial charge in [0.25, 0.3) is 0 Å². The van der Waals surface area contributed by atoms with Gasteiger partial charge in [-0.25, -0.2) is 0 Å². The van der Waals surface area contributed by atoms with Crippen LogP contribution in [0.1, 0.15) is 46.0 Å². The van der Waals surface area contributed by atoms with Crippen LogP contribution in [0, 0.1) is 5.92 Å². The van der Waals surface area contributed by atoms with Crippen LogP contribution in [0.25, 0.3) is 0 Å². The van der Waals surface area contributed by atoms with Crippen molar-refractivity contribution in [3.63, 3.8) is 0 Å². The van der Waals surface area contributed by atoms with E-state index < -0.39 is 0 Å². The number of hydrogen-bond donors (Lipinski definition) is 1. The highest BCUT2D eigenvalue weighted by atomic mass is 16.5. The van der Waals surface area contributed by atoms with Crippen LogP contribution < -0.4 is 5.32 Å². The van der Waals surface area contributed by atoms with Gasteiger partial charge >= 0.3 is 0 Å². The van der Waals surface area contributed by atoms with E-state index in [2.05, 4.69) is 24.1 Å². The van der Waals surface area contributed by atoms with Gasteiger partial charge in [-0.3, -0.25) is 10.1 Å². The summed E-state index contributed by atoms with van der Waals surface area (Å²) in [5, 5.41) is 3.46. The number of carbonyl (C=O) groups excluding carboxylic acids is 1. The SMILES string of the molecule is CCCC1NC(CC)C(=O)N1CCC1CCOC1. The fourth-order valence-electron chi connectivity index (χ4n) is 2.95. The van der Waals surface area contributed by atoms with E-state index in [1.807, 2.05) is 0 Å². The summed E-state index contributed by atoms with van der Waals surface area (Å²) in [6.45, 7) is 6.92. The first-order chi connectivity index (χ1) is 8.76. The predicted octanol–water partition coefficient (Wildman–Crippen LogP) is 1.75. The number of nitrogens with zero attached hydrogens (tertiary/aromatic N) is 1. The Morgan fingerprint density at radius 1 is 1.39 bits per heavy atom. The molecule has 0 spiro atoms. The van der Waals surface area contributed by atoms with Gasteiger partial charge in [0.15, 0.2) is 0 Å². The normalized spacial score (nSPS) is 32.4. The molecule has 1 N–H and O–H groups in total. The monoisotopic (exact) mass is 254 g/mol. The van der Waals surface area contributed by atoms with Gasteiger partial charge in [-0.05, 0) is 31.6 Å². The molecule has 4 heteroatoms. The molecule has 3 atom stereocenters. The van der Waals surface area contributed by atoms with Gasteiger partial charge in [0.05, 0.1) is 12.2 Å². The van der Waals surface area contributed by atoms with E-state index in [1.54, 1.807) is 0 Å². The number of nitrogens with one attached hydrogen (secondary N) is 1. The fourth-order valence-corrected chi connectivity index (χ4v) is 2.95. The van der Waals surface area contributed by atoms with Gasteiger partial charge in [-0.15, -0.1) is 0 Å². The van der Waals surface area contributed by atoms with Gasteiger partial charge in [0.1, 0.15) is 0 Å². The van der Waals surface area contributed by atoms with Gasteiger partial charge < -0.3 is 9.64 Å². The molecule has 0 aromatic rings. The van der Waals surface area contributed by atoms with Crippen LogP contribution in [0.4, 0.5) is 0 Å². The number of rotatable bonds is 6. The molecular formula is C14H26N2O2. The lowest BCUT2D eigenvalue weighted by Crippen LogP contribution is -2.38. The number of carbonyl (C=O) groups is 1. The summed E-state index contributed by atoms with van der Waals surface area (Å²) in [4.78, 5) is 14.3. The maximum Gasteiger partial charge on any atom is 0.241 e. The van der Waals surface area contributed by atoms with Crippen molar-refractivity contribution in [2.45, 2.75) is 58.2 Å². The first kappa shape index (κ1) is 13.8. The van der Waals surface area contributed by atoms with Crippen LogP contribution in [0.2, 0.25) is 0 Å². The molecule has 0 aromatic carbocycles. The minimum Gasteiger partial charge on any atom is -0.381 e. The molecule has 2 aliphatic rings. The molecule has 1 amide bonds. The Morgan fingerprint density at radius 3 is 2.83 bits per heavy atom. The highest BCUT2D eigenvalue weighted by Gasteiger charge is 2.37. The van der Waals surface area contributed by atoms with Crippen LogP contribution in [0.3, 0.4) is 0 Å². The van der Waals surface area contributed by atoms with Crippen LogP contribution in [-0.4, -0.2) is 42.8 Å². The third kappa shape index (κ3) is 3.04. The smallest absolute Gasteiger partial charge is 0.241 e. The molecule has 2 saturated heterocycles. The lowest BCUT2D eigenvalue weighted by Gasteiger charge is -2.25. The molecule has 2 rings (SSSR count). The van der Waals surface area contributed by atoms with E-state index >= 15 is 0 Å². The predicted molar refractivity (Wildman–Crippen MR) is 71.2 cm³/mol. The largest absolute Gasteiger partial charge is 0.381 e. The second kappa shape index (κ2) is 6.53. The molecule has 0 aliphatic carbocycles. The third-order valence-corrected chi connectivity index (χ3v) is 4.12. The van der Waals surface area contributed by atoms with Gasteiger partial charge in [0.2, 0.25) is 5.91 Å². The lowest BCUT2D eigenvalue weighted by molar-refractivity contribution is -0.130. The Bertz CT molecular complexity index is 277. The van der Waals surface area contributed by atoms with Crippen LogP contribution >= 0.6 is 0 Å². The van der Waals surface area contributed by atoms with Crippen LogP contribution in [-0.2, 0) is 9.53 Å². The van der Waals surface area contributed by atoms with Gasteiger partial charge in [0, 0.05) is 19.8 Å². The second-order valence-electron chi connectivity index (χ2n) is 5.48. The van der Waals surface area contributed by atoms with E-state index in [0.29, 0.717) is 11.8 Å². The summed E-state index contributed by atoms with van der Waals surface area (Å²) in [5.74, 6) is 0.954. The Kier molecular flexibility index (Phi) is 5.01. The Balaban J connectivity index is 1.87. The molecule has 0 saturated carbocycles. The minimum atomic E-state index is 0.0429. The van der Waals surface area contributed by atoms with Crippen molar-refractivity contribution in [1.82, 2.24) is 10.2 Å². The van der Waals surface area contributed by atoms with E-state index in [4.69, 9.17) is 4.74 Å². The van der Waals surface area contributed by atoms with E-state index in [-0.39, 0.29) is 12.2 Å². The molecular weight excluding hydrogens is 228 g/mol. The molecule has 104 valence electrons. The van der Waals surface area contributed by atoms with E-state index in [9.17, 15) is 4.79 Å². The Labute approximate surface area is 110 Å². The van der Waals surface area contributed by atoms with Crippen molar-refractivity contribution in [3.8, 4) is 0 Å². The van der Waals surface area contributed by atoms with E-state index in [1.165, 1.54) is 0 Å². The van der Waals surface area contributed by atoms with Crippen molar-refractivity contribution in [2.75, 3.05) is 19.8 Å². The second-order valence-corrected chi connectivity index (χ2v) is 5.48. The zero-order valence-electron chi connectivity index (χ0n) is 11.7. The number of amides is 1.